The van der Waals surface area contributed by atoms with Crippen molar-refractivity contribution in [3.8, 4) is 0 Å². The second-order valence-electron chi connectivity index (χ2n) is 6.84. The van der Waals surface area contributed by atoms with E-state index < -0.39 is 40.5 Å². The van der Waals surface area contributed by atoms with Crippen LogP contribution >= 0.6 is 0 Å². The number of nitrogens with zero attached hydrogens (tertiary/aromatic N) is 2. The third kappa shape index (κ3) is 4.68. The van der Waals surface area contributed by atoms with Crippen LogP contribution in [0.25, 0.3) is 0 Å². The van der Waals surface area contributed by atoms with Gasteiger partial charge in [0.1, 0.15) is 6.04 Å². The Labute approximate surface area is 164 Å². The van der Waals surface area contributed by atoms with Crippen LogP contribution in [0.1, 0.15) is 35.2 Å². The fourth-order valence-electron chi connectivity index (χ4n) is 3.01. The van der Waals surface area contributed by atoms with E-state index in [-0.39, 0.29) is 10.5 Å². The number of primary amides is 1. The summed E-state index contributed by atoms with van der Waals surface area (Å²) in [5, 5.41) is 0. The Bertz CT molecular complexity index is 881. The van der Waals surface area contributed by atoms with E-state index in [1.807, 2.05) is 0 Å². The predicted octanol–water partition coefficient (Wildman–Crippen LogP) is 0.269. The van der Waals surface area contributed by atoms with E-state index in [0.717, 1.165) is 17.1 Å². The number of likely N-dealkylation sites (tertiary alicyclic amines) is 1. The Balaban J connectivity index is 2.13. The Morgan fingerprint density at radius 2 is 1.93 bits per heavy atom. The number of benzene rings is 1. The minimum atomic E-state index is -3.72. The quantitative estimate of drug-likeness (QED) is 0.670. The van der Waals surface area contributed by atoms with E-state index >= 15 is 0 Å². The van der Waals surface area contributed by atoms with Crippen molar-refractivity contribution in [2.45, 2.75) is 37.1 Å². The lowest BCUT2D eigenvalue weighted by Gasteiger charge is -2.33. The van der Waals surface area contributed by atoms with Gasteiger partial charge in [0.05, 0.1) is 10.5 Å². The summed E-state index contributed by atoms with van der Waals surface area (Å²) in [4.78, 5) is 37.6. The van der Waals surface area contributed by atoms with Crippen molar-refractivity contribution in [3.63, 3.8) is 0 Å². The highest BCUT2D eigenvalue weighted by atomic mass is 32.2. The lowest BCUT2D eigenvalue weighted by Crippen LogP contribution is -2.51. The van der Waals surface area contributed by atoms with Gasteiger partial charge < -0.3 is 15.4 Å². The standard InChI is InChI=1S/C18H25N3O6S/c1-12-7-8-13(28(25,26)20(2)3)10-14(12)18(24)27-11-16(22)21-9-5-4-6-15(21)17(19)23/h7-8,10,15H,4-6,9,11H2,1-3H3,(H2,19,23)/t15-/m1/s1. The first-order valence-electron chi connectivity index (χ1n) is 8.84. The van der Waals surface area contributed by atoms with E-state index in [4.69, 9.17) is 10.5 Å². The molecule has 2 amide bonds. The van der Waals surface area contributed by atoms with Crippen LogP contribution in [0.3, 0.4) is 0 Å². The fraction of sp³-hybridized carbons (Fsp3) is 0.500. The van der Waals surface area contributed by atoms with Gasteiger partial charge in [0, 0.05) is 20.6 Å². The van der Waals surface area contributed by atoms with Gasteiger partial charge in [-0.05, 0) is 43.9 Å². The van der Waals surface area contributed by atoms with Gasteiger partial charge in [-0.3, -0.25) is 9.59 Å². The summed E-state index contributed by atoms with van der Waals surface area (Å²) < 4.78 is 30.6. The van der Waals surface area contributed by atoms with Crippen molar-refractivity contribution in [3.05, 3.63) is 29.3 Å². The molecule has 154 valence electrons. The van der Waals surface area contributed by atoms with Crippen LogP contribution in [-0.4, -0.2) is 68.7 Å². The zero-order valence-corrected chi connectivity index (χ0v) is 17.0. The Kier molecular flexibility index (Phi) is 6.78. The molecule has 1 aliphatic rings. The number of sulfonamides is 1. The number of nitrogens with two attached hydrogens (primary N) is 1. The molecule has 2 rings (SSSR count). The molecule has 0 bridgehead atoms. The summed E-state index contributed by atoms with van der Waals surface area (Å²) in [7, 11) is -0.939. The number of aryl methyl sites for hydroxylation is 1. The van der Waals surface area contributed by atoms with Gasteiger partial charge >= 0.3 is 5.97 Å². The molecule has 1 saturated heterocycles. The van der Waals surface area contributed by atoms with Gasteiger partial charge in [-0.1, -0.05) is 6.07 Å². The van der Waals surface area contributed by atoms with Crippen LogP contribution in [-0.2, 0) is 24.3 Å². The van der Waals surface area contributed by atoms with Crippen LogP contribution in [0.15, 0.2) is 23.1 Å². The maximum absolute atomic E-state index is 12.4. The van der Waals surface area contributed by atoms with Crippen LogP contribution in [0, 0.1) is 6.92 Å². The van der Waals surface area contributed by atoms with E-state index in [2.05, 4.69) is 0 Å². The van der Waals surface area contributed by atoms with Gasteiger partial charge in [-0.2, -0.15) is 0 Å². The third-order valence-corrected chi connectivity index (χ3v) is 6.50. The van der Waals surface area contributed by atoms with Gasteiger partial charge in [0.25, 0.3) is 5.91 Å². The molecule has 2 N–H and O–H groups in total. The Morgan fingerprint density at radius 1 is 1.25 bits per heavy atom. The van der Waals surface area contributed by atoms with Gasteiger partial charge in [0.2, 0.25) is 15.9 Å². The maximum Gasteiger partial charge on any atom is 0.338 e. The molecule has 1 heterocycles. The molecule has 0 saturated carbocycles. The number of rotatable bonds is 6. The first-order chi connectivity index (χ1) is 13.1. The summed E-state index contributed by atoms with van der Waals surface area (Å²) in [5.41, 5.74) is 5.92. The number of hydrogen-bond donors (Lipinski definition) is 1. The number of hydrogen-bond acceptors (Lipinski definition) is 6. The highest BCUT2D eigenvalue weighted by Gasteiger charge is 2.31. The molecule has 1 aromatic rings. The summed E-state index contributed by atoms with van der Waals surface area (Å²) >= 11 is 0. The molecule has 9 nitrogen and oxygen atoms in total. The largest absolute Gasteiger partial charge is 0.452 e. The molecule has 10 heteroatoms. The smallest absolute Gasteiger partial charge is 0.338 e. The SMILES string of the molecule is Cc1ccc(S(=O)(=O)N(C)C)cc1C(=O)OCC(=O)N1CCCC[C@@H]1C(N)=O. The molecule has 28 heavy (non-hydrogen) atoms. The average Bonchev–Trinajstić information content (AvgIpc) is 2.65. The van der Waals surface area contributed by atoms with Crippen LogP contribution in [0.4, 0.5) is 0 Å². The third-order valence-electron chi connectivity index (χ3n) is 4.69. The van der Waals surface area contributed by atoms with Crippen molar-refractivity contribution >= 4 is 27.8 Å². The Hall–Kier alpha value is -2.46. The number of ether oxygens (including phenoxy) is 1. The number of piperidine rings is 1. The summed E-state index contributed by atoms with van der Waals surface area (Å²) in [5.74, 6) is -1.90. The van der Waals surface area contributed by atoms with Crippen molar-refractivity contribution in [2.24, 2.45) is 5.73 Å². The fourth-order valence-corrected chi connectivity index (χ4v) is 3.93. The van der Waals surface area contributed by atoms with Gasteiger partial charge in [-0.15, -0.1) is 0 Å². The lowest BCUT2D eigenvalue weighted by atomic mass is 10.0. The van der Waals surface area contributed by atoms with Gasteiger partial charge in [0.15, 0.2) is 6.61 Å². The molecule has 1 atom stereocenters. The second-order valence-corrected chi connectivity index (χ2v) is 8.99. The molecule has 0 unspecified atom stereocenters. The maximum atomic E-state index is 12.4. The lowest BCUT2D eigenvalue weighted by molar-refractivity contribution is -0.143. The molecular formula is C18H25N3O6S. The number of esters is 1. The zero-order valence-electron chi connectivity index (χ0n) is 16.2. The van der Waals surface area contributed by atoms with E-state index in [9.17, 15) is 22.8 Å². The first-order valence-corrected chi connectivity index (χ1v) is 10.3. The van der Waals surface area contributed by atoms with Crippen molar-refractivity contribution in [1.29, 1.82) is 0 Å². The predicted molar refractivity (Wildman–Crippen MR) is 101 cm³/mol. The molecule has 0 aromatic heterocycles. The summed E-state index contributed by atoms with van der Waals surface area (Å²) in [6, 6.07) is 3.43. The van der Waals surface area contributed by atoms with Crippen molar-refractivity contribution in [1.82, 2.24) is 9.21 Å². The van der Waals surface area contributed by atoms with E-state index in [0.29, 0.717) is 18.5 Å². The number of carbonyl (C=O) groups is 3. The normalized spacial score (nSPS) is 17.4. The molecule has 1 fully saturated rings. The van der Waals surface area contributed by atoms with Crippen LogP contribution < -0.4 is 5.73 Å². The van der Waals surface area contributed by atoms with Crippen LogP contribution in [0.2, 0.25) is 0 Å². The monoisotopic (exact) mass is 411 g/mol. The van der Waals surface area contributed by atoms with E-state index in [1.165, 1.54) is 37.2 Å². The molecule has 0 aliphatic carbocycles. The van der Waals surface area contributed by atoms with E-state index in [1.54, 1.807) is 6.92 Å². The molecule has 1 aliphatic heterocycles. The minimum Gasteiger partial charge on any atom is -0.452 e. The zero-order chi connectivity index (χ0) is 21.1. The molecule has 0 radical (unpaired) electrons. The number of amides is 2. The van der Waals surface area contributed by atoms with Gasteiger partial charge in [-0.25, -0.2) is 17.5 Å². The minimum absolute atomic E-state index is 0.0498. The Morgan fingerprint density at radius 3 is 2.54 bits per heavy atom. The highest BCUT2D eigenvalue weighted by molar-refractivity contribution is 7.89. The average molecular weight is 411 g/mol. The first kappa shape index (κ1) is 21.8. The van der Waals surface area contributed by atoms with Crippen molar-refractivity contribution < 1.29 is 27.5 Å². The summed E-state index contributed by atoms with van der Waals surface area (Å²) in [6.45, 7) is 1.46. The van der Waals surface area contributed by atoms with Crippen LogP contribution in [0.5, 0.6) is 0 Å². The summed E-state index contributed by atoms with van der Waals surface area (Å²) in [6.07, 6.45) is 2.02. The second kappa shape index (κ2) is 8.70. The topological polar surface area (TPSA) is 127 Å². The molecule has 1 aromatic carbocycles. The molecular weight excluding hydrogens is 386 g/mol. The molecule has 0 spiro atoms. The number of carbonyl (C=O) groups excluding carboxylic acids is 3. The highest BCUT2D eigenvalue weighted by Crippen LogP contribution is 2.20. The van der Waals surface area contributed by atoms with Crippen molar-refractivity contribution in [2.75, 3.05) is 27.2 Å².